The van der Waals surface area contributed by atoms with E-state index in [1.165, 1.54) is 0 Å². The van der Waals surface area contributed by atoms with Crippen LogP contribution in [0.25, 0.3) is 0 Å². The van der Waals surface area contributed by atoms with E-state index >= 15 is 0 Å². The van der Waals surface area contributed by atoms with Gasteiger partial charge in [-0.1, -0.05) is 6.07 Å². The molecule has 78 valence electrons. The molecular weight excluding hydrogens is 178 g/mol. The number of rotatable bonds is 4. The highest BCUT2D eigenvalue weighted by molar-refractivity contribution is 5.42. The highest BCUT2D eigenvalue weighted by Crippen LogP contribution is 2.27. The molecule has 1 aromatic carbocycles. The molecule has 3 heteroatoms. The maximum atomic E-state index is 9.50. The van der Waals surface area contributed by atoms with E-state index in [-0.39, 0.29) is 11.9 Å². The van der Waals surface area contributed by atoms with Crippen LogP contribution in [0.15, 0.2) is 18.2 Å². The van der Waals surface area contributed by atoms with Crippen LogP contribution in [-0.4, -0.2) is 17.8 Å². The van der Waals surface area contributed by atoms with Gasteiger partial charge in [-0.25, -0.2) is 0 Å². The molecule has 0 aliphatic rings. The second-order valence-electron chi connectivity index (χ2n) is 3.51. The Labute approximate surface area is 84.5 Å². The van der Waals surface area contributed by atoms with E-state index in [0.29, 0.717) is 12.3 Å². The van der Waals surface area contributed by atoms with Crippen molar-refractivity contribution in [2.24, 2.45) is 5.73 Å². The minimum Gasteiger partial charge on any atom is -0.504 e. The molecule has 0 radical (unpaired) electrons. The average molecular weight is 195 g/mol. The van der Waals surface area contributed by atoms with Crippen LogP contribution in [-0.2, 0) is 6.42 Å². The fourth-order valence-electron chi connectivity index (χ4n) is 1.23. The summed E-state index contributed by atoms with van der Waals surface area (Å²) in [4.78, 5) is 0. The molecule has 0 atom stereocenters. The molecule has 0 saturated carbocycles. The van der Waals surface area contributed by atoms with Crippen LogP contribution >= 0.6 is 0 Å². The van der Waals surface area contributed by atoms with Crippen molar-refractivity contribution in [3.05, 3.63) is 23.8 Å². The number of benzene rings is 1. The first-order chi connectivity index (χ1) is 6.63. The van der Waals surface area contributed by atoms with Crippen molar-refractivity contribution in [2.45, 2.75) is 26.4 Å². The number of phenols is 1. The number of hydrogen-bond acceptors (Lipinski definition) is 3. The first-order valence-corrected chi connectivity index (χ1v) is 4.82. The molecule has 0 aliphatic heterocycles. The molecule has 1 aromatic rings. The van der Waals surface area contributed by atoms with Crippen LogP contribution in [0, 0.1) is 0 Å². The molecule has 0 saturated heterocycles. The van der Waals surface area contributed by atoms with E-state index in [4.69, 9.17) is 10.5 Å². The lowest BCUT2D eigenvalue weighted by Gasteiger charge is -2.12. The standard InChI is InChI=1S/C11H17NO2/c1-8(2)14-11-7-9(5-6-12)3-4-10(11)13/h3-4,7-8,13H,5-6,12H2,1-2H3. The summed E-state index contributed by atoms with van der Waals surface area (Å²) in [6.45, 7) is 4.45. The number of aromatic hydroxyl groups is 1. The van der Waals surface area contributed by atoms with E-state index in [2.05, 4.69) is 0 Å². The summed E-state index contributed by atoms with van der Waals surface area (Å²) in [6.07, 6.45) is 0.864. The predicted molar refractivity (Wildman–Crippen MR) is 56.6 cm³/mol. The zero-order chi connectivity index (χ0) is 10.6. The largest absolute Gasteiger partial charge is 0.504 e. The summed E-state index contributed by atoms with van der Waals surface area (Å²) in [7, 11) is 0. The molecule has 0 amide bonds. The molecule has 3 N–H and O–H groups in total. The number of nitrogens with two attached hydrogens (primary N) is 1. The fraction of sp³-hybridized carbons (Fsp3) is 0.455. The normalized spacial score (nSPS) is 10.6. The van der Waals surface area contributed by atoms with Gasteiger partial charge in [0.05, 0.1) is 6.10 Å². The number of phenolic OH excluding ortho intramolecular Hbond substituents is 1. The molecule has 0 heterocycles. The lowest BCUT2D eigenvalue weighted by molar-refractivity contribution is 0.231. The Morgan fingerprint density at radius 3 is 2.71 bits per heavy atom. The highest BCUT2D eigenvalue weighted by Gasteiger charge is 2.05. The predicted octanol–water partition coefficient (Wildman–Crippen LogP) is 1.68. The molecule has 3 nitrogen and oxygen atoms in total. The van der Waals surface area contributed by atoms with Crippen molar-refractivity contribution in [1.82, 2.24) is 0 Å². The first-order valence-electron chi connectivity index (χ1n) is 4.82. The summed E-state index contributed by atoms with van der Waals surface area (Å²) in [6, 6.07) is 5.33. The van der Waals surface area contributed by atoms with Gasteiger partial charge >= 0.3 is 0 Å². The molecule has 0 aliphatic carbocycles. The summed E-state index contributed by atoms with van der Waals surface area (Å²) in [5.74, 6) is 0.713. The summed E-state index contributed by atoms with van der Waals surface area (Å²) in [5, 5.41) is 9.50. The Morgan fingerprint density at radius 1 is 1.43 bits per heavy atom. The second kappa shape index (κ2) is 4.86. The van der Waals surface area contributed by atoms with Gasteiger partial charge in [-0.05, 0) is 44.5 Å². The van der Waals surface area contributed by atoms with Crippen molar-refractivity contribution in [1.29, 1.82) is 0 Å². The topological polar surface area (TPSA) is 55.5 Å². The van der Waals surface area contributed by atoms with Crippen molar-refractivity contribution in [2.75, 3.05) is 6.54 Å². The Bertz CT molecular complexity index is 297. The van der Waals surface area contributed by atoms with Crippen LogP contribution in [0.4, 0.5) is 0 Å². The van der Waals surface area contributed by atoms with E-state index in [1.54, 1.807) is 6.07 Å². The lowest BCUT2D eigenvalue weighted by atomic mass is 10.1. The number of ether oxygens (including phenoxy) is 1. The molecule has 0 bridgehead atoms. The van der Waals surface area contributed by atoms with Crippen molar-refractivity contribution in [3.63, 3.8) is 0 Å². The Hall–Kier alpha value is -1.22. The summed E-state index contributed by atoms with van der Waals surface area (Å²) >= 11 is 0. The molecule has 0 aromatic heterocycles. The molecular formula is C11H17NO2. The summed E-state index contributed by atoms with van der Waals surface area (Å²) < 4.78 is 5.44. The van der Waals surface area contributed by atoms with Crippen LogP contribution in [0.1, 0.15) is 19.4 Å². The third kappa shape index (κ3) is 2.92. The number of hydrogen-bond donors (Lipinski definition) is 2. The zero-order valence-electron chi connectivity index (χ0n) is 8.66. The third-order valence-electron chi connectivity index (χ3n) is 1.82. The van der Waals surface area contributed by atoms with Gasteiger partial charge in [0.1, 0.15) is 0 Å². The van der Waals surface area contributed by atoms with E-state index in [0.717, 1.165) is 12.0 Å². The van der Waals surface area contributed by atoms with E-state index in [1.807, 2.05) is 26.0 Å². The van der Waals surface area contributed by atoms with Gasteiger partial charge in [-0.2, -0.15) is 0 Å². The molecule has 1 rings (SSSR count). The van der Waals surface area contributed by atoms with Gasteiger partial charge in [-0.3, -0.25) is 0 Å². The molecule has 0 unspecified atom stereocenters. The molecule has 0 spiro atoms. The van der Waals surface area contributed by atoms with Gasteiger partial charge in [0.25, 0.3) is 0 Å². The lowest BCUT2D eigenvalue weighted by Crippen LogP contribution is -2.07. The molecule has 0 fully saturated rings. The smallest absolute Gasteiger partial charge is 0.161 e. The maximum Gasteiger partial charge on any atom is 0.161 e. The SMILES string of the molecule is CC(C)Oc1cc(CCN)ccc1O. The maximum absolute atomic E-state index is 9.50. The van der Waals surface area contributed by atoms with Crippen molar-refractivity contribution in [3.8, 4) is 11.5 Å². The zero-order valence-corrected chi connectivity index (χ0v) is 8.66. The minimum atomic E-state index is 0.0639. The third-order valence-corrected chi connectivity index (χ3v) is 1.82. The Kier molecular flexibility index (Phi) is 3.77. The van der Waals surface area contributed by atoms with Gasteiger partial charge in [0.2, 0.25) is 0 Å². The first kappa shape index (κ1) is 10.9. The van der Waals surface area contributed by atoms with E-state index < -0.39 is 0 Å². The minimum absolute atomic E-state index is 0.0639. The Balaban J connectivity index is 2.84. The van der Waals surface area contributed by atoms with Crippen molar-refractivity contribution >= 4 is 0 Å². The monoisotopic (exact) mass is 195 g/mol. The van der Waals surface area contributed by atoms with E-state index in [9.17, 15) is 5.11 Å². The molecule has 14 heavy (non-hydrogen) atoms. The average Bonchev–Trinajstić information content (AvgIpc) is 2.10. The van der Waals surface area contributed by atoms with Crippen molar-refractivity contribution < 1.29 is 9.84 Å². The second-order valence-corrected chi connectivity index (χ2v) is 3.51. The van der Waals surface area contributed by atoms with Gasteiger partial charge in [0.15, 0.2) is 11.5 Å². The van der Waals surface area contributed by atoms with Crippen LogP contribution in [0.2, 0.25) is 0 Å². The Morgan fingerprint density at radius 2 is 2.14 bits per heavy atom. The quantitative estimate of drug-likeness (QED) is 0.768. The van der Waals surface area contributed by atoms with Crippen LogP contribution < -0.4 is 10.5 Å². The van der Waals surface area contributed by atoms with Crippen LogP contribution in [0.5, 0.6) is 11.5 Å². The van der Waals surface area contributed by atoms with Gasteiger partial charge in [-0.15, -0.1) is 0 Å². The highest BCUT2D eigenvalue weighted by atomic mass is 16.5. The van der Waals surface area contributed by atoms with Gasteiger partial charge < -0.3 is 15.6 Å². The summed E-state index contributed by atoms with van der Waals surface area (Å²) in [5.41, 5.74) is 6.53. The van der Waals surface area contributed by atoms with Gasteiger partial charge in [0, 0.05) is 0 Å². The van der Waals surface area contributed by atoms with Crippen LogP contribution in [0.3, 0.4) is 0 Å². The fourth-order valence-corrected chi connectivity index (χ4v) is 1.23.